The molecule has 3 rings (SSSR count). The molecule has 23 heavy (non-hydrogen) atoms. The number of rotatable bonds is 3. The lowest BCUT2D eigenvalue weighted by Gasteiger charge is -2.13. The molecule has 2 aromatic rings. The first-order chi connectivity index (χ1) is 11.3. The Hall–Kier alpha value is -3.03. The average Bonchev–Trinajstić information content (AvgIpc) is 2.57. The van der Waals surface area contributed by atoms with E-state index in [1.165, 1.54) is 0 Å². The molecule has 1 aliphatic carbocycles. The Morgan fingerprint density at radius 1 is 1.04 bits per heavy atom. The summed E-state index contributed by atoms with van der Waals surface area (Å²) in [5.74, 6) is 6.78. The zero-order chi connectivity index (χ0) is 16.1. The van der Waals surface area contributed by atoms with Gasteiger partial charge < -0.3 is 15.8 Å². The van der Waals surface area contributed by atoms with E-state index in [9.17, 15) is 4.79 Å². The Kier molecular flexibility index (Phi) is 4.41. The molecule has 0 radical (unpaired) electrons. The molecular formula is C19H16N2O2. The summed E-state index contributed by atoms with van der Waals surface area (Å²) in [4.78, 5) is 11.9. The highest BCUT2D eigenvalue weighted by Crippen LogP contribution is 2.26. The molecule has 0 atom stereocenters. The Labute approximate surface area is 135 Å². The molecule has 0 fully saturated rings. The van der Waals surface area contributed by atoms with Gasteiger partial charge in [-0.2, -0.15) is 0 Å². The maximum absolute atomic E-state index is 11.9. The lowest BCUT2D eigenvalue weighted by molar-refractivity contribution is 0.192. The maximum Gasteiger partial charge on any atom is 0.412 e. The van der Waals surface area contributed by atoms with Crippen molar-refractivity contribution in [2.24, 2.45) is 5.73 Å². The lowest BCUT2D eigenvalue weighted by atomic mass is 9.99. The van der Waals surface area contributed by atoms with Crippen LogP contribution in [0.5, 0.6) is 0 Å². The summed E-state index contributed by atoms with van der Waals surface area (Å²) in [6, 6.07) is 15.3. The fourth-order valence-corrected chi connectivity index (χ4v) is 2.29. The molecule has 0 bridgehead atoms. The Morgan fingerprint density at radius 3 is 2.57 bits per heavy atom. The van der Waals surface area contributed by atoms with Crippen molar-refractivity contribution >= 4 is 17.9 Å². The van der Waals surface area contributed by atoms with Crippen LogP contribution in [0.25, 0.3) is 11.8 Å². The molecule has 1 aliphatic rings. The Morgan fingerprint density at radius 2 is 1.74 bits per heavy atom. The molecule has 4 nitrogen and oxygen atoms in total. The highest BCUT2D eigenvalue weighted by Gasteiger charge is 2.14. The quantitative estimate of drug-likeness (QED) is 0.857. The smallest absolute Gasteiger partial charge is 0.410 e. The van der Waals surface area contributed by atoms with Crippen molar-refractivity contribution in [2.75, 3.05) is 13.1 Å². The molecule has 0 saturated carbocycles. The third kappa shape index (κ3) is 3.42. The van der Waals surface area contributed by atoms with Crippen molar-refractivity contribution in [2.45, 2.75) is 0 Å². The van der Waals surface area contributed by atoms with Gasteiger partial charge in [0, 0.05) is 29.8 Å². The summed E-state index contributed by atoms with van der Waals surface area (Å²) in [5.41, 5.74) is 8.81. The van der Waals surface area contributed by atoms with Crippen LogP contribution in [0, 0.1) is 11.8 Å². The number of alkyl carbamates (subject to hydrolysis) is 1. The minimum absolute atomic E-state index is 0.360. The number of nitrogens with one attached hydrogen (secondary N) is 1. The van der Waals surface area contributed by atoms with Gasteiger partial charge in [-0.15, -0.1) is 0 Å². The fraction of sp³-hybridized carbons (Fsp3) is 0.105. The average molecular weight is 304 g/mol. The molecule has 114 valence electrons. The van der Waals surface area contributed by atoms with Crippen molar-refractivity contribution in [3.63, 3.8) is 0 Å². The van der Waals surface area contributed by atoms with E-state index in [1.54, 1.807) is 0 Å². The van der Waals surface area contributed by atoms with Gasteiger partial charge in [-0.25, -0.2) is 4.79 Å². The van der Waals surface area contributed by atoms with Crippen LogP contribution in [0.2, 0.25) is 0 Å². The van der Waals surface area contributed by atoms with Gasteiger partial charge in [0.2, 0.25) is 0 Å². The summed E-state index contributed by atoms with van der Waals surface area (Å²) >= 11 is 0. The maximum atomic E-state index is 11.9. The first-order valence-electron chi connectivity index (χ1n) is 7.36. The van der Waals surface area contributed by atoms with Crippen LogP contribution in [0.1, 0.15) is 22.3 Å². The minimum Gasteiger partial charge on any atom is -0.410 e. The minimum atomic E-state index is -0.525. The molecule has 0 heterocycles. The summed E-state index contributed by atoms with van der Waals surface area (Å²) in [7, 11) is 0. The number of benzene rings is 2. The number of amides is 1. The van der Waals surface area contributed by atoms with E-state index in [-0.39, 0.29) is 0 Å². The number of fused-ring (bicyclic) bond motifs is 2. The summed E-state index contributed by atoms with van der Waals surface area (Å²) in [6.07, 6.45) is 1.31. The van der Waals surface area contributed by atoms with E-state index in [2.05, 4.69) is 17.2 Å². The highest BCUT2D eigenvalue weighted by molar-refractivity contribution is 5.88. The number of carbonyl (C=O) groups is 1. The molecule has 0 saturated heterocycles. The second kappa shape index (κ2) is 6.82. The van der Waals surface area contributed by atoms with Crippen molar-refractivity contribution in [1.29, 1.82) is 0 Å². The van der Waals surface area contributed by atoms with E-state index in [1.807, 2.05) is 54.6 Å². The first kappa shape index (κ1) is 14.9. The van der Waals surface area contributed by atoms with Crippen LogP contribution in [-0.4, -0.2) is 19.2 Å². The molecule has 1 amide bonds. The van der Waals surface area contributed by atoms with Crippen LogP contribution in [0.15, 0.2) is 48.5 Å². The predicted molar refractivity (Wildman–Crippen MR) is 90.3 cm³/mol. The van der Waals surface area contributed by atoms with Crippen molar-refractivity contribution < 1.29 is 9.53 Å². The van der Waals surface area contributed by atoms with Gasteiger partial charge >= 0.3 is 6.09 Å². The van der Waals surface area contributed by atoms with Gasteiger partial charge in [0.1, 0.15) is 5.76 Å². The van der Waals surface area contributed by atoms with Crippen LogP contribution in [0.3, 0.4) is 0 Å². The molecule has 3 N–H and O–H groups in total. The number of carbonyl (C=O) groups excluding carboxylic acids is 1. The molecular weight excluding hydrogens is 288 g/mol. The van der Waals surface area contributed by atoms with Crippen LogP contribution < -0.4 is 11.1 Å². The Bertz CT molecular complexity index is 829. The number of ether oxygens (including phenoxy) is 1. The van der Waals surface area contributed by atoms with E-state index in [4.69, 9.17) is 10.5 Å². The zero-order valence-electron chi connectivity index (χ0n) is 12.5. The van der Waals surface area contributed by atoms with E-state index < -0.39 is 6.09 Å². The summed E-state index contributed by atoms with van der Waals surface area (Å²) in [6.45, 7) is 0.725. The van der Waals surface area contributed by atoms with Gasteiger partial charge in [-0.05, 0) is 29.8 Å². The summed E-state index contributed by atoms with van der Waals surface area (Å²) in [5, 5.41) is 2.61. The van der Waals surface area contributed by atoms with Crippen LogP contribution in [0.4, 0.5) is 4.79 Å². The largest absolute Gasteiger partial charge is 0.412 e. The highest BCUT2D eigenvalue weighted by atomic mass is 16.6. The number of nitrogens with two attached hydrogens (primary N) is 1. The van der Waals surface area contributed by atoms with Gasteiger partial charge in [-0.1, -0.05) is 42.2 Å². The molecule has 0 aromatic heterocycles. The monoisotopic (exact) mass is 304 g/mol. The molecule has 2 aromatic carbocycles. The topological polar surface area (TPSA) is 64.3 Å². The van der Waals surface area contributed by atoms with Gasteiger partial charge in [0.25, 0.3) is 0 Å². The SMILES string of the molecule is NCCNC(=O)O/C1=C/c2ccccc2C#Cc2ccccc21. The number of hydrogen-bond donors (Lipinski definition) is 2. The fourth-order valence-electron chi connectivity index (χ4n) is 2.29. The van der Waals surface area contributed by atoms with Crippen molar-refractivity contribution in [3.8, 4) is 11.8 Å². The molecule has 0 unspecified atom stereocenters. The van der Waals surface area contributed by atoms with Gasteiger partial charge in [0.05, 0.1) is 0 Å². The van der Waals surface area contributed by atoms with Gasteiger partial charge in [0.15, 0.2) is 0 Å². The Balaban J connectivity index is 2.04. The van der Waals surface area contributed by atoms with E-state index in [0.29, 0.717) is 18.8 Å². The normalized spacial score (nSPS) is 13.9. The zero-order valence-corrected chi connectivity index (χ0v) is 12.5. The molecule has 4 heteroatoms. The summed E-state index contributed by atoms with van der Waals surface area (Å²) < 4.78 is 5.50. The van der Waals surface area contributed by atoms with E-state index in [0.717, 1.165) is 22.3 Å². The second-order valence-electron chi connectivity index (χ2n) is 5.00. The van der Waals surface area contributed by atoms with E-state index >= 15 is 0 Å². The van der Waals surface area contributed by atoms with Gasteiger partial charge in [-0.3, -0.25) is 0 Å². The lowest BCUT2D eigenvalue weighted by Crippen LogP contribution is -2.29. The third-order valence-electron chi connectivity index (χ3n) is 3.39. The number of hydrogen-bond acceptors (Lipinski definition) is 3. The van der Waals surface area contributed by atoms with Crippen molar-refractivity contribution in [3.05, 3.63) is 70.8 Å². The first-order valence-corrected chi connectivity index (χ1v) is 7.36. The second-order valence-corrected chi connectivity index (χ2v) is 5.00. The molecule has 0 spiro atoms. The van der Waals surface area contributed by atoms with Crippen LogP contribution >= 0.6 is 0 Å². The third-order valence-corrected chi connectivity index (χ3v) is 3.39. The standard InChI is InChI=1S/C19H16N2O2/c20-11-12-21-19(22)23-18-13-16-7-2-1-5-14(16)9-10-15-6-3-4-8-17(15)18/h1-8,13H,11-12,20H2,(H,21,22)/b16-13?,18-13+,18-17?. The predicted octanol–water partition coefficient (Wildman–Crippen LogP) is 2.58. The van der Waals surface area contributed by atoms with Crippen molar-refractivity contribution in [1.82, 2.24) is 5.32 Å². The molecule has 0 aliphatic heterocycles. The van der Waals surface area contributed by atoms with Crippen LogP contribution in [-0.2, 0) is 4.74 Å².